The highest BCUT2D eigenvalue weighted by molar-refractivity contribution is 7.17. The lowest BCUT2D eigenvalue weighted by molar-refractivity contribution is 1.15. The zero-order valence-corrected chi connectivity index (χ0v) is 12.3. The van der Waals surface area contributed by atoms with E-state index in [4.69, 9.17) is 23.2 Å². The Bertz CT molecular complexity index is 721. The summed E-state index contributed by atoms with van der Waals surface area (Å²) in [6.45, 7) is 0.686. The first kappa shape index (κ1) is 12.8. The molecule has 0 aliphatic heterocycles. The van der Waals surface area contributed by atoms with Gasteiger partial charge in [-0.05, 0) is 52.7 Å². The number of nitrogens with one attached hydrogen (secondary N) is 1. The fraction of sp³-hybridized carbons (Fsp3) is 0.0667. The summed E-state index contributed by atoms with van der Waals surface area (Å²) < 4.78 is 1.30. The number of thiophene rings is 1. The molecule has 96 valence electrons. The summed E-state index contributed by atoms with van der Waals surface area (Å²) >= 11 is 13.8. The third kappa shape index (κ3) is 2.86. The first-order chi connectivity index (χ1) is 9.22. The summed E-state index contributed by atoms with van der Waals surface area (Å²) in [7, 11) is 0. The predicted molar refractivity (Wildman–Crippen MR) is 85.6 cm³/mol. The van der Waals surface area contributed by atoms with E-state index < -0.39 is 0 Å². The van der Waals surface area contributed by atoms with E-state index in [1.807, 2.05) is 12.1 Å². The van der Waals surface area contributed by atoms with Crippen LogP contribution in [0.15, 0.2) is 47.8 Å². The van der Waals surface area contributed by atoms with Crippen molar-refractivity contribution in [2.45, 2.75) is 6.54 Å². The second kappa shape index (κ2) is 5.41. The molecule has 0 saturated carbocycles. The fourth-order valence-electron chi connectivity index (χ4n) is 1.94. The molecule has 2 aromatic carbocycles. The van der Waals surface area contributed by atoms with Crippen LogP contribution in [0.5, 0.6) is 0 Å². The van der Waals surface area contributed by atoms with Crippen molar-refractivity contribution in [3.8, 4) is 0 Å². The van der Waals surface area contributed by atoms with Gasteiger partial charge in [0.15, 0.2) is 0 Å². The van der Waals surface area contributed by atoms with Gasteiger partial charge in [0.05, 0.1) is 0 Å². The van der Waals surface area contributed by atoms with Crippen molar-refractivity contribution in [1.29, 1.82) is 0 Å². The predicted octanol–water partition coefficient (Wildman–Crippen LogP) is 5.82. The second-order valence-electron chi connectivity index (χ2n) is 4.26. The Kier molecular flexibility index (Phi) is 3.65. The third-order valence-corrected chi connectivity index (χ3v) is 4.44. The molecule has 1 aromatic heterocycles. The normalized spacial score (nSPS) is 10.8. The standard InChI is InChI=1S/C15H11Cl2NS/c16-12-2-1-11(14(17)8-12)9-18-13-3-4-15-10(7-13)5-6-19-15/h1-8,18H,9H2. The molecule has 1 heterocycles. The number of rotatable bonds is 3. The highest BCUT2D eigenvalue weighted by atomic mass is 35.5. The minimum Gasteiger partial charge on any atom is -0.381 e. The van der Waals surface area contributed by atoms with Gasteiger partial charge in [0.25, 0.3) is 0 Å². The molecule has 0 aliphatic rings. The molecule has 4 heteroatoms. The summed E-state index contributed by atoms with van der Waals surface area (Å²) in [5.74, 6) is 0. The fourth-order valence-corrected chi connectivity index (χ4v) is 3.19. The number of hydrogen-bond acceptors (Lipinski definition) is 2. The van der Waals surface area contributed by atoms with E-state index in [9.17, 15) is 0 Å². The molecule has 0 saturated heterocycles. The van der Waals surface area contributed by atoms with Crippen LogP contribution >= 0.6 is 34.5 Å². The van der Waals surface area contributed by atoms with Gasteiger partial charge >= 0.3 is 0 Å². The SMILES string of the molecule is Clc1ccc(CNc2ccc3sccc3c2)c(Cl)c1. The van der Waals surface area contributed by atoms with E-state index in [1.165, 1.54) is 10.1 Å². The average molecular weight is 308 g/mol. The minimum absolute atomic E-state index is 0.661. The molecule has 0 radical (unpaired) electrons. The quantitative estimate of drug-likeness (QED) is 0.643. The topological polar surface area (TPSA) is 12.0 Å². The molecule has 0 fully saturated rings. The largest absolute Gasteiger partial charge is 0.381 e. The minimum atomic E-state index is 0.661. The number of fused-ring (bicyclic) bond motifs is 1. The summed E-state index contributed by atoms with van der Waals surface area (Å²) in [4.78, 5) is 0. The molecule has 3 rings (SSSR count). The van der Waals surface area contributed by atoms with Crippen LogP contribution in [0.4, 0.5) is 5.69 Å². The molecule has 0 amide bonds. The first-order valence-corrected chi connectivity index (χ1v) is 7.51. The van der Waals surface area contributed by atoms with Crippen molar-refractivity contribution < 1.29 is 0 Å². The molecule has 3 aromatic rings. The Morgan fingerprint density at radius 1 is 1.00 bits per heavy atom. The van der Waals surface area contributed by atoms with E-state index in [0.29, 0.717) is 16.6 Å². The smallest absolute Gasteiger partial charge is 0.0470 e. The van der Waals surface area contributed by atoms with Crippen LogP contribution < -0.4 is 5.32 Å². The van der Waals surface area contributed by atoms with Gasteiger partial charge in [-0.3, -0.25) is 0 Å². The summed E-state index contributed by atoms with van der Waals surface area (Å²) in [6.07, 6.45) is 0. The van der Waals surface area contributed by atoms with Crippen LogP contribution in [0.25, 0.3) is 10.1 Å². The van der Waals surface area contributed by atoms with Gasteiger partial charge in [0.2, 0.25) is 0 Å². The van der Waals surface area contributed by atoms with Gasteiger partial charge in [-0.25, -0.2) is 0 Å². The number of anilines is 1. The van der Waals surface area contributed by atoms with Crippen LogP contribution in [-0.4, -0.2) is 0 Å². The zero-order valence-electron chi connectivity index (χ0n) is 9.99. The number of benzene rings is 2. The van der Waals surface area contributed by atoms with Gasteiger partial charge in [0, 0.05) is 27.0 Å². The molecule has 0 spiro atoms. The molecule has 19 heavy (non-hydrogen) atoms. The van der Waals surface area contributed by atoms with Gasteiger partial charge < -0.3 is 5.32 Å². The average Bonchev–Trinajstić information content (AvgIpc) is 2.85. The molecule has 1 nitrogen and oxygen atoms in total. The van der Waals surface area contributed by atoms with Crippen LogP contribution in [0.2, 0.25) is 10.0 Å². The Morgan fingerprint density at radius 2 is 1.89 bits per heavy atom. The van der Waals surface area contributed by atoms with Crippen molar-refractivity contribution in [3.63, 3.8) is 0 Å². The maximum Gasteiger partial charge on any atom is 0.0470 e. The van der Waals surface area contributed by atoms with E-state index in [1.54, 1.807) is 17.4 Å². The molecular weight excluding hydrogens is 297 g/mol. The van der Waals surface area contributed by atoms with Crippen LogP contribution in [0, 0.1) is 0 Å². The molecule has 0 aliphatic carbocycles. The van der Waals surface area contributed by atoms with Crippen molar-refractivity contribution in [2.24, 2.45) is 0 Å². The molecule has 0 bridgehead atoms. The van der Waals surface area contributed by atoms with E-state index >= 15 is 0 Å². The van der Waals surface area contributed by atoms with Gasteiger partial charge in [0.1, 0.15) is 0 Å². The molecular formula is C15H11Cl2NS. The monoisotopic (exact) mass is 307 g/mol. The van der Waals surface area contributed by atoms with Crippen LogP contribution in [0.1, 0.15) is 5.56 Å². The van der Waals surface area contributed by atoms with E-state index in [2.05, 4.69) is 35.0 Å². The molecule has 0 unspecified atom stereocenters. The van der Waals surface area contributed by atoms with Gasteiger partial charge in [-0.15, -0.1) is 11.3 Å². The van der Waals surface area contributed by atoms with Gasteiger partial charge in [-0.1, -0.05) is 29.3 Å². The van der Waals surface area contributed by atoms with Crippen molar-refractivity contribution in [3.05, 3.63) is 63.5 Å². The van der Waals surface area contributed by atoms with Crippen molar-refractivity contribution in [1.82, 2.24) is 0 Å². The Balaban J connectivity index is 1.77. The van der Waals surface area contributed by atoms with E-state index in [-0.39, 0.29) is 0 Å². The lowest BCUT2D eigenvalue weighted by Crippen LogP contribution is -1.99. The third-order valence-electron chi connectivity index (χ3n) is 2.95. The molecule has 1 N–H and O–H groups in total. The maximum atomic E-state index is 6.15. The van der Waals surface area contributed by atoms with Gasteiger partial charge in [-0.2, -0.15) is 0 Å². The molecule has 0 atom stereocenters. The lowest BCUT2D eigenvalue weighted by atomic mass is 10.2. The van der Waals surface area contributed by atoms with Crippen molar-refractivity contribution >= 4 is 50.3 Å². The summed E-state index contributed by atoms with van der Waals surface area (Å²) in [6, 6.07) is 14.1. The maximum absolute atomic E-state index is 6.15. The van der Waals surface area contributed by atoms with Crippen molar-refractivity contribution in [2.75, 3.05) is 5.32 Å². The summed E-state index contributed by atoms with van der Waals surface area (Å²) in [5.41, 5.74) is 2.13. The summed E-state index contributed by atoms with van der Waals surface area (Å²) in [5, 5.41) is 8.10. The highest BCUT2D eigenvalue weighted by Gasteiger charge is 2.02. The number of halogens is 2. The van der Waals surface area contributed by atoms with E-state index in [0.717, 1.165) is 11.3 Å². The van der Waals surface area contributed by atoms with Crippen LogP contribution in [0.3, 0.4) is 0 Å². The lowest BCUT2D eigenvalue weighted by Gasteiger charge is -2.08. The Labute approximate surface area is 125 Å². The number of hydrogen-bond donors (Lipinski definition) is 1. The Hall–Kier alpha value is -1.22. The first-order valence-electron chi connectivity index (χ1n) is 5.87. The Morgan fingerprint density at radius 3 is 2.74 bits per heavy atom. The second-order valence-corrected chi connectivity index (χ2v) is 6.05. The van der Waals surface area contributed by atoms with Crippen LogP contribution in [-0.2, 0) is 6.54 Å². The highest BCUT2D eigenvalue weighted by Crippen LogP contribution is 2.25. The zero-order chi connectivity index (χ0) is 13.2.